The molecule has 18 heavy (non-hydrogen) atoms. The molecule has 106 valence electrons. The van der Waals surface area contributed by atoms with Gasteiger partial charge in [0.25, 0.3) is 0 Å². The first-order chi connectivity index (χ1) is 8.47. The zero-order valence-corrected chi connectivity index (χ0v) is 12.3. The van der Waals surface area contributed by atoms with Crippen LogP contribution in [0.5, 0.6) is 0 Å². The minimum atomic E-state index is -0.0533. The molecule has 1 atom stereocenters. The van der Waals surface area contributed by atoms with Crippen LogP contribution in [0.25, 0.3) is 0 Å². The number of hydrogen-bond donors (Lipinski definition) is 2. The molecule has 0 bridgehead atoms. The van der Waals surface area contributed by atoms with Gasteiger partial charge in [0.05, 0.1) is 6.04 Å². The van der Waals surface area contributed by atoms with Crippen LogP contribution >= 0.6 is 0 Å². The Labute approximate surface area is 111 Å². The summed E-state index contributed by atoms with van der Waals surface area (Å²) in [6.45, 7) is 7.18. The monoisotopic (exact) mass is 255 g/mol. The van der Waals surface area contributed by atoms with Gasteiger partial charge in [-0.3, -0.25) is 9.69 Å². The Bertz CT molecular complexity index is 260. The number of likely N-dealkylation sites (N-methyl/N-ethyl adjacent to an activating group) is 1. The molecule has 1 rings (SSSR count). The summed E-state index contributed by atoms with van der Waals surface area (Å²) in [7, 11) is 2.03. The summed E-state index contributed by atoms with van der Waals surface area (Å²) in [5.41, 5.74) is 5.78. The lowest BCUT2D eigenvalue weighted by Crippen LogP contribution is -2.50. The summed E-state index contributed by atoms with van der Waals surface area (Å²) in [4.78, 5) is 14.2. The third-order valence-corrected chi connectivity index (χ3v) is 4.19. The Morgan fingerprint density at radius 1 is 1.39 bits per heavy atom. The van der Waals surface area contributed by atoms with E-state index < -0.39 is 0 Å². The van der Waals surface area contributed by atoms with E-state index in [0.29, 0.717) is 18.0 Å². The van der Waals surface area contributed by atoms with Crippen LogP contribution in [0.15, 0.2) is 0 Å². The Morgan fingerprint density at radius 2 is 1.94 bits per heavy atom. The largest absolute Gasteiger partial charge is 0.352 e. The van der Waals surface area contributed by atoms with Crippen LogP contribution < -0.4 is 11.1 Å². The number of carbonyl (C=O) groups excluding carboxylic acids is 1. The van der Waals surface area contributed by atoms with Gasteiger partial charge in [-0.25, -0.2) is 0 Å². The highest BCUT2D eigenvalue weighted by Gasteiger charge is 2.29. The molecule has 0 heterocycles. The molecule has 0 spiro atoms. The van der Waals surface area contributed by atoms with Crippen LogP contribution in [0.3, 0.4) is 0 Å². The van der Waals surface area contributed by atoms with Crippen LogP contribution in [0.1, 0.15) is 46.5 Å². The van der Waals surface area contributed by atoms with E-state index in [-0.39, 0.29) is 11.9 Å². The summed E-state index contributed by atoms with van der Waals surface area (Å²) >= 11 is 0. The van der Waals surface area contributed by atoms with E-state index in [2.05, 4.69) is 24.1 Å². The summed E-state index contributed by atoms with van der Waals surface area (Å²) in [6.07, 6.45) is 4.20. The van der Waals surface area contributed by atoms with Gasteiger partial charge in [0.15, 0.2) is 0 Å². The van der Waals surface area contributed by atoms with Crippen molar-refractivity contribution in [3.63, 3.8) is 0 Å². The van der Waals surface area contributed by atoms with Crippen molar-refractivity contribution >= 4 is 5.91 Å². The van der Waals surface area contributed by atoms with Crippen molar-refractivity contribution < 1.29 is 4.79 Å². The van der Waals surface area contributed by atoms with E-state index in [1.165, 1.54) is 0 Å². The predicted octanol–water partition coefficient (Wildman–Crippen LogP) is 1.35. The Hall–Kier alpha value is -0.610. The van der Waals surface area contributed by atoms with Crippen LogP contribution in [0.2, 0.25) is 0 Å². The van der Waals surface area contributed by atoms with Gasteiger partial charge in [0.2, 0.25) is 5.91 Å². The van der Waals surface area contributed by atoms with Gasteiger partial charge in [0, 0.05) is 18.6 Å². The van der Waals surface area contributed by atoms with Crippen molar-refractivity contribution in [2.45, 2.75) is 64.6 Å². The molecule has 1 saturated carbocycles. The maximum absolute atomic E-state index is 12.1. The number of nitrogens with zero attached hydrogens (tertiary/aromatic N) is 1. The highest BCUT2D eigenvalue weighted by atomic mass is 16.2. The third-order valence-electron chi connectivity index (χ3n) is 4.19. The number of nitrogens with two attached hydrogens (primary N) is 1. The number of rotatable bonds is 7. The molecule has 1 aliphatic carbocycles. The molecule has 4 nitrogen and oxygen atoms in total. The lowest BCUT2D eigenvalue weighted by atomic mass is 9.80. The van der Waals surface area contributed by atoms with Crippen molar-refractivity contribution in [2.75, 3.05) is 13.6 Å². The SMILES string of the molecule is CCC(CC)NC(=O)C(C)N(C)CC1CC(N)C1. The lowest BCUT2D eigenvalue weighted by Gasteiger charge is -2.37. The average molecular weight is 255 g/mol. The Morgan fingerprint density at radius 3 is 2.39 bits per heavy atom. The molecule has 0 aromatic heterocycles. The lowest BCUT2D eigenvalue weighted by molar-refractivity contribution is -0.126. The molecular formula is C14H29N3O. The van der Waals surface area contributed by atoms with Crippen molar-refractivity contribution in [2.24, 2.45) is 11.7 Å². The number of hydrogen-bond acceptors (Lipinski definition) is 3. The fraction of sp³-hybridized carbons (Fsp3) is 0.929. The van der Waals surface area contributed by atoms with Crippen LogP contribution in [0, 0.1) is 5.92 Å². The van der Waals surface area contributed by atoms with E-state index in [4.69, 9.17) is 5.73 Å². The van der Waals surface area contributed by atoms with Gasteiger partial charge in [-0.15, -0.1) is 0 Å². The van der Waals surface area contributed by atoms with Gasteiger partial charge in [-0.05, 0) is 45.6 Å². The zero-order valence-electron chi connectivity index (χ0n) is 12.3. The highest BCUT2D eigenvalue weighted by molar-refractivity contribution is 5.81. The molecule has 4 heteroatoms. The maximum atomic E-state index is 12.1. The zero-order chi connectivity index (χ0) is 13.7. The standard InChI is InChI=1S/C14H29N3O/c1-5-13(6-2)16-14(18)10(3)17(4)9-11-7-12(15)8-11/h10-13H,5-9,15H2,1-4H3,(H,16,18). The fourth-order valence-electron chi connectivity index (χ4n) is 2.52. The van der Waals surface area contributed by atoms with Crippen LogP contribution in [0.4, 0.5) is 0 Å². The highest BCUT2D eigenvalue weighted by Crippen LogP contribution is 2.26. The summed E-state index contributed by atoms with van der Waals surface area (Å²) in [5.74, 6) is 0.822. The summed E-state index contributed by atoms with van der Waals surface area (Å²) in [6, 6.07) is 0.644. The Kier molecular flexibility index (Phi) is 6.09. The number of amides is 1. The molecule has 1 amide bonds. The van der Waals surface area contributed by atoms with Crippen molar-refractivity contribution in [1.82, 2.24) is 10.2 Å². The van der Waals surface area contributed by atoms with E-state index in [9.17, 15) is 4.79 Å². The molecular weight excluding hydrogens is 226 g/mol. The quantitative estimate of drug-likeness (QED) is 0.722. The van der Waals surface area contributed by atoms with Gasteiger partial charge in [-0.2, -0.15) is 0 Å². The fourth-order valence-corrected chi connectivity index (χ4v) is 2.52. The maximum Gasteiger partial charge on any atom is 0.237 e. The minimum absolute atomic E-state index is 0.0533. The average Bonchev–Trinajstić information content (AvgIpc) is 2.32. The van der Waals surface area contributed by atoms with Crippen molar-refractivity contribution in [3.05, 3.63) is 0 Å². The minimum Gasteiger partial charge on any atom is -0.352 e. The van der Waals surface area contributed by atoms with Crippen LogP contribution in [-0.2, 0) is 4.79 Å². The van der Waals surface area contributed by atoms with Gasteiger partial charge < -0.3 is 11.1 Å². The molecule has 0 saturated heterocycles. The van der Waals surface area contributed by atoms with E-state index in [0.717, 1.165) is 32.2 Å². The van der Waals surface area contributed by atoms with E-state index in [1.54, 1.807) is 0 Å². The normalized spacial score (nSPS) is 25.1. The molecule has 0 aliphatic heterocycles. The molecule has 1 unspecified atom stereocenters. The van der Waals surface area contributed by atoms with Gasteiger partial charge >= 0.3 is 0 Å². The summed E-state index contributed by atoms with van der Waals surface area (Å²) < 4.78 is 0. The van der Waals surface area contributed by atoms with Gasteiger partial charge in [-0.1, -0.05) is 13.8 Å². The predicted molar refractivity (Wildman–Crippen MR) is 75.3 cm³/mol. The molecule has 0 aromatic rings. The van der Waals surface area contributed by atoms with Crippen LogP contribution in [-0.4, -0.2) is 42.5 Å². The van der Waals surface area contributed by atoms with E-state index in [1.807, 2.05) is 14.0 Å². The molecule has 0 aromatic carbocycles. The smallest absolute Gasteiger partial charge is 0.237 e. The Balaban J connectivity index is 2.32. The first kappa shape index (κ1) is 15.4. The second-order valence-electron chi connectivity index (χ2n) is 5.74. The second kappa shape index (κ2) is 7.10. The first-order valence-corrected chi connectivity index (χ1v) is 7.24. The molecule has 1 fully saturated rings. The molecule has 0 radical (unpaired) electrons. The van der Waals surface area contributed by atoms with Crippen molar-refractivity contribution in [3.8, 4) is 0 Å². The second-order valence-corrected chi connectivity index (χ2v) is 5.74. The topological polar surface area (TPSA) is 58.4 Å². The van der Waals surface area contributed by atoms with Crippen molar-refractivity contribution in [1.29, 1.82) is 0 Å². The molecule has 3 N–H and O–H groups in total. The third kappa shape index (κ3) is 4.25. The summed E-state index contributed by atoms with van der Waals surface area (Å²) in [5, 5.41) is 3.11. The van der Waals surface area contributed by atoms with E-state index >= 15 is 0 Å². The number of carbonyl (C=O) groups is 1. The number of nitrogens with one attached hydrogen (secondary N) is 1. The van der Waals surface area contributed by atoms with Gasteiger partial charge in [0.1, 0.15) is 0 Å². The molecule has 1 aliphatic rings. The first-order valence-electron chi connectivity index (χ1n) is 7.24.